The highest BCUT2D eigenvalue weighted by molar-refractivity contribution is 6.31. The second-order valence-electron chi connectivity index (χ2n) is 2.53. The Morgan fingerprint density at radius 2 is 1.93 bits per heavy atom. The lowest BCUT2D eigenvalue weighted by atomic mass is 10.1. The summed E-state index contributed by atoms with van der Waals surface area (Å²) in [5.41, 5.74) is 3.56. The van der Waals surface area contributed by atoms with Gasteiger partial charge in [-0.2, -0.15) is 18.4 Å². The Hall–Kier alpha value is -1.41. The first-order valence-electron chi connectivity index (χ1n) is 3.42. The molecule has 0 fully saturated rings. The van der Waals surface area contributed by atoms with Crippen LogP contribution >= 0.6 is 11.6 Å². The van der Waals surface area contributed by atoms with Crippen LogP contribution in [0.2, 0.25) is 5.02 Å². The molecule has 0 spiro atoms. The van der Waals surface area contributed by atoms with E-state index in [-0.39, 0.29) is 5.69 Å². The first-order valence-corrected chi connectivity index (χ1v) is 3.80. The lowest BCUT2D eigenvalue weighted by Crippen LogP contribution is -2.09. The molecule has 0 unspecified atom stereocenters. The number of hydrogen-bond donors (Lipinski definition) is 1. The summed E-state index contributed by atoms with van der Waals surface area (Å²) in [6.45, 7) is 0. The Kier molecular flexibility index (Phi) is 2.58. The average Bonchev–Trinajstić information content (AvgIpc) is 1.99. The highest BCUT2D eigenvalue weighted by Crippen LogP contribution is 2.38. The molecule has 0 aliphatic heterocycles. The molecule has 1 aromatic rings. The standard InChI is InChI=1S/C8H4ClF3N2/c9-6-2-5(14)1-4(3-13)7(6)8(10,11)12/h1-2H,14H2. The summed E-state index contributed by atoms with van der Waals surface area (Å²) in [4.78, 5) is 0. The van der Waals surface area contributed by atoms with E-state index in [4.69, 9.17) is 22.6 Å². The van der Waals surface area contributed by atoms with Crippen molar-refractivity contribution in [3.8, 4) is 6.07 Å². The van der Waals surface area contributed by atoms with E-state index in [2.05, 4.69) is 0 Å². The van der Waals surface area contributed by atoms with Crippen molar-refractivity contribution in [1.29, 1.82) is 5.26 Å². The first-order chi connectivity index (χ1) is 6.36. The fourth-order valence-electron chi connectivity index (χ4n) is 1.00. The molecule has 0 saturated heterocycles. The van der Waals surface area contributed by atoms with Gasteiger partial charge in [-0.15, -0.1) is 0 Å². The minimum atomic E-state index is -4.64. The van der Waals surface area contributed by atoms with Gasteiger partial charge in [-0.25, -0.2) is 0 Å². The zero-order chi connectivity index (χ0) is 10.9. The molecule has 0 saturated carbocycles. The van der Waals surface area contributed by atoms with Gasteiger partial charge in [-0.05, 0) is 12.1 Å². The largest absolute Gasteiger partial charge is 0.419 e. The third kappa shape index (κ3) is 1.91. The Labute approximate surface area is 82.7 Å². The van der Waals surface area contributed by atoms with Crippen molar-refractivity contribution in [3.63, 3.8) is 0 Å². The SMILES string of the molecule is N#Cc1cc(N)cc(Cl)c1C(F)(F)F. The molecule has 0 bridgehead atoms. The maximum atomic E-state index is 12.4. The first kappa shape index (κ1) is 10.7. The van der Waals surface area contributed by atoms with Crippen LogP contribution in [0.3, 0.4) is 0 Å². The fraction of sp³-hybridized carbons (Fsp3) is 0.125. The van der Waals surface area contributed by atoms with Gasteiger partial charge < -0.3 is 5.73 Å². The topological polar surface area (TPSA) is 49.8 Å². The van der Waals surface area contributed by atoms with Crippen LogP contribution in [0.5, 0.6) is 0 Å². The molecule has 0 amide bonds. The lowest BCUT2D eigenvalue weighted by Gasteiger charge is -2.10. The minimum Gasteiger partial charge on any atom is -0.399 e. The summed E-state index contributed by atoms with van der Waals surface area (Å²) in [6.07, 6.45) is -4.64. The highest BCUT2D eigenvalue weighted by atomic mass is 35.5. The number of nitrogen functional groups attached to an aromatic ring is 1. The molecule has 0 aliphatic carbocycles. The molecular weight excluding hydrogens is 217 g/mol. The number of rotatable bonds is 0. The van der Waals surface area contributed by atoms with Crippen LogP contribution in [0.1, 0.15) is 11.1 Å². The molecule has 0 aromatic heterocycles. The highest BCUT2D eigenvalue weighted by Gasteiger charge is 2.36. The van der Waals surface area contributed by atoms with E-state index >= 15 is 0 Å². The number of alkyl halides is 3. The maximum Gasteiger partial charge on any atom is 0.419 e. The van der Waals surface area contributed by atoms with Crippen LogP contribution in [0, 0.1) is 11.3 Å². The van der Waals surface area contributed by atoms with Gasteiger partial charge in [-0.3, -0.25) is 0 Å². The van der Waals surface area contributed by atoms with Gasteiger partial charge in [0, 0.05) is 5.69 Å². The number of halogens is 4. The third-order valence-electron chi connectivity index (χ3n) is 1.52. The van der Waals surface area contributed by atoms with E-state index in [9.17, 15) is 13.2 Å². The van der Waals surface area contributed by atoms with Crippen molar-refractivity contribution < 1.29 is 13.2 Å². The second kappa shape index (κ2) is 3.39. The normalized spacial score (nSPS) is 11.1. The number of nitriles is 1. The van der Waals surface area contributed by atoms with E-state index in [0.717, 1.165) is 12.1 Å². The average molecular weight is 221 g/mol. The minimum absolute atomic E-state index is 0.0274. The molecular formula is C8H4ClF3N2. The summed E-state index contributed by atoms with van der Waals surface area (Å²) in [7, 11) is 0. The van der Waals surface area contributed by atoms with Crippen LogP contribution in [-0.4, -0.2) is 0 Å². The molecule has 6 heteroatoms. The molecule has 2 nitrogen and oxygen atoms in total. The quantitative estimate of drug-likeness (QED) is 0.684. The number of benzene rings is 1. The van der Waals surface area contributed by atoms with Crippen LogP contribution in [-0.2, 0) is 6.18 Å². The summed E-state index contributed by atoms with van der Waals surface area (Å²) >= 11 is 5.35. The third-order valence-corrected chi connectivity index (χ3v) is 1.81. The van der Waals surface area contributed by atoms with E-state index in [0.29, 0.717) is 0 Å². The molecule has 0 aliphatic rings. The van der Waals surface area contributed by atoms with Crippen molar-refractivity contribution in [1.82, 2.24) is 0 Å². The lowest BCUT2D eigenvalue weighted by molar-refractivity contribution is -0.137. The number of hydrogen-bond acceptors (Lipinski definition) is 2. The predicted molar refractivity (Wildman–Crippen MR) is 45.6 cm³/mol. The Morgan fingerprint density at radius 3 is 2.36 bits per heavy atom. The Balaban J connectivity index is 3.51. The predicted octanol–water partition coefficient (Wildman–Crippen LogP) is 2.81. The summed E-state index contributed by atoms with van der Waals surface area (Å²) in [5, 5.41) is 7.91. The molecule has 0 radical (unpaired) electrons. The molecule has 2 N–H and O–H groups in total. The number of nitrogens with two attached hydrogens (primary N) is 1. The van der Waals surface area contributed by atoms with Crippen molar-refractivity contribution in [2.24, 2.45) is 0 Å². The van der Waals surface area contributed by atoms with Gasteiger partial charge in [0.2, 0.25) is 0 Å². The Morgan fingerprint density at radius 1 is 1.36 bits per heavy atom. The van der Waals surface area contributed by atoms with Gasteiger partial charge in [0.15, 0.2) is 0 Å². The van der Waals surface area contributed by atoms with Crippen LogP contribution in [0.15, 0.2) is 12.1 Å². The smallest absolute Gasteiger partial charge is 0.399 e. The molecule has 1 aromatic carbocycles. The van der Waals surface area contributed by atoms with E-state index < -0.39 is 22.3 Å². The van der Waals surface area contributed by atoms with Crippen LogP contribution in [0.4, 0.5) is 18.9 Å². The van der Waals surface area contributed by atoms with Crippen molar-refractivity contribution in [2.75, 3.05) is 5.73 Å². The van der Waals surface area contributed by atoms with E-state index in [1.807, 2.05) is 0 Å². The number of nitrogens with zero attached hydrogens (tertiary/aromatic N) is 1. The van der Waals surface area contributed by atoms with Crippen molar-refractivity contribution in [3.05, 3.63) is 28.3 Å². The zero-order valence-corrected chi connectivity index (χ0v) is 7.45. The molecule has 1 rings (SSSR count). The summed E-state index contributed by atoms with van der Waals surface area (Å²) < 4.78 is 37.1. The molecule has 14 heavy (non-hydrogen) atoms. The van der Waals surface area contributed by atoms with Gasteiger partial charge in [0.1, 0.15) is 0 Å². The summed E-state index contributed by atoms with van der Waals surface area (Å²) in [5.74, 6) is 0. The van der Waals surface area contributed by atoms with Gasteiger partial charge >= 0.3 is 6.18 Å². The summed E-state index contributed by atoms with van der Waals surface area (Å²) in [6, 6.07) is 3.30. The molecule has 0 heterocycles. The van der Waals surface area contributed by atoms with Crippen LogP contribution in [0.25, 0.3) is 0 Å². The second-order valence-corrected chi connectivity index (χ2v) is 2.94. The van der Waals surface area contributed by atoms with E-state index in [1.54, 1.807) is 0 Å². The maximum absolute atomic E-state index is 12.4. The van der Waals surface area contributed by atoms with Gasteiger partial charge in [0.25, 0.3) is 0 Å². The Bertz CT molecular complexity index is 406. The fourth-order valence-corrected chi connectivity index (χ4v) is 1.34. The zero-order valence-electron chi connectivity index (χ0n) is 6.69. The van der Waals surface area contributed by atoms with Crippen molar-refractivity contribution >= 4 is 17.3 Å². The van der Waals surface area contributed by atoms with Gasteiger partial charge in [0.05, 0.1) is 22.2 Å². The van der Waals surface area contributed by atoms with Crippen molar-refractivity contribution in [2.45, 2.75) is 6.18 Å². The van der Waals surface area contributed by atoms with Gasteiger partial charge in [-0.1, -0.05) is 11.6 Å². The molecule has 74 valence electrons. The number of anilines is 1. The molecule has 0 atom stereocenters. The van der Waals surface area contributed by atoms with E-state index in [1.165, 1.54) is 6.07 Å². The monoisotopic (exact) mass is 220 g/mol. The van der Waals surface area contributed by atoms with Crippen LogP contribution < -0.4 is 5.73 Å².